The minimum Gasteiger partial charge on any atom is -0.398 e. The van der Waals surface area contributed by atoms with E-state index in [-0.39, 0.29) is 4.87 Å². The summed E-state index contributed by atoms with van der Waals surface area (Å²) >= 11 is 1.17. The number of hydrogen-bond donors (Lipinski definition) is 3. The van der Waals surface area contributed by atoms with E-state index in [2.05, 4.69) is 10.3 Å². The number of nitrogen functional groups attached to an aromatic ring is 1. The van der Waals surface area contributed by atoms with E-state index in [0.29, 0.717) is 6.54 Å². The maximum Gasteiger partial charge on any atom is 0.304 e. The van der Waals surface area contributed by atoms with Gasteiger partial charge in [0, 0.05) is 22.4 Å². The molecule has 0 saturated carbocycles. The van der Waals surface area contributed by atoms with E-state index in [1.54, 1.807) is 0 Å². The molecule has 0 radical (unpaired) electrons. The number of hydrogen-bond acceptors (Lipinski definition) is 4. The van der Waals surface area contributed by atoms with Gasteiger partial charge in [-0.2, -0.15) is 0 Å². The summed E-state index contributed by atoms with van der Waals surface area (Å²) in [6.45, 7) is 2.57. The molecule has 1 aromatic heterocycles. The number of benzene rings is 1. The Morgan fingerprint density at radius 2 is 2.31 bits per heavy atom. The van der Waals surface area contributed by atoms with Gasteiger partial charge in [0.25, 0.3) is 0 Å². The highest BCUT2D eigenvalue weighted by atomic mass is 32.1. The zero-order valence-electron chi connectivity index (χ0n) is 8.91. The van der Waals surface area contributed by atoms with Gasteiger partial charge in [-0.3, -0.25) is 4.79 Å². The molecule has 4 nitrogen and oxygen atoms in total. The van der Waals surface area contributed by atoms with Crippen LogP contribution in [0.4, 0.5) is 11.4 Å². The summed E-state index contributed by atoms with van der Waals surface area (Å²) in [4.78, 5) is 13.6. The largest absolute Gasteiger partial charge is 0.398 e. The van der Waals surface area contributed by atoms with E-state index in [0.717, 1.165) is 22.6 Å². The summed E-state index contributed by atoms with van der Waals surface area (Å²) in [5, 5.41) is 5.01. The SMILES string of the molecule is Cc1ccc(NCc2csc(=O)[nH]2)cc1N. The van der Waals surface area contributed by atoms with Crippen molar-refractivity contribution in [3.63, 3.8) is 0 Å². The van der Waals surface area contributed by atoms with Gasteiger partial charge in [0.05, 0.1) is 6.54 Å². The number of thiazole rings is 1. The molecule has 2 rings (SSSR count). The van der Waals surface area contributed by atoms with Crippen LogP contribution in [0, 0.1) is 6.92 Å². The molecule has 0 saturated heterocycles. The van der Waals surface area contributed by atoms with Gasteiger partial charge in [-0.15, -0.1) is 0 Å². The topological polar surface area (TPSA) is 70.9 Å². The van der Waals surface area contributed by atoms with Crippen LogP contribution in [0.15, 0.2) is 28.4 Å². The Hall–Kier alpha value is -1.75. The maximum atomic E-state index is 10.9. The fraction of sp³-hybridized carbons (Fsp3) is 0.182. The summed E-state index contributed by atoms with van der Waals surface area (Å²) < 4.78 is 0. The van der Waals surface area contributed by atoms with Crippen molar-refractivity contribution in [3.8, 4) is 0 Å². The Bertz CT molecular complexity index is 544. The lowest BCUT2D eigenvalue weighted by atomic mass is 10.2. The molecule has 0 unspecified atom stereocenters. The Morgan fingerprint density at radius 1 is 1.50 bits per heavy atom. The smallest absolute Gasteiger partial charge is 0.304 e. The number of nitrogens with one attached hydrogen (secondary N) is 2. The van der Waals surface area contributed by atoms with E-state index in [4.69, 9.17) is 5.73 Å². The quantitative estimate of drug-likeness (QED) is 0.712. The van der Waals surface area contributed by atoms with Crippen molar-refractivity contribution in [3.05, 3.63) is 44.5 Å². The molecule has 1 aromatic carbocycles. The molecule has 0 spiro atoms. The minimum absolute atomic E-state index is 0.0276. The first kappa shape index (κ1) is 10.8. The van der Waals surface area contributed by atoms with Crippen molar-refractivity contribution in [1.29, 1.82) is 0 Å². The number of aromatic amines is 1. The van der Waals surface area contributed by atoms with Crippen LogP contribution >= 0.6 is 11.3 Å². The molecule has 0 aliphatic rings. The van der Waals surface area contributed by atoms with Crippen molar-refractivity contribution in [2.24, 2.45) is 0 Å². The molecular formula is C11H13N3OS. The fourth-order valence-corrected chi connectivity index (χ4v) is 1.93. The summed E-state index contributed by atoms with van der Waals surface area (Å²) in [5.41, 5.74) is 9.47. The van der Waals surface area contributed by atoms with Gasteiger partial charge in [0.15, 0.2) is 0 Å². The molecule has 5 heteroatoms. The number of aromatic nitrogens is 1. The summed E-state index contributed by atoms with van der Waals surface area (Å²) in [5.74, 6) is 0. The Morgan fingerprint density at radius 3 is 2.94 bits per heavy atom. The van der Waals surface area contributed by atoms with Crippen LogP contribution in [0.1, 0.15) is 11.3 Å². The average molecular weight is 235 g/mol. The fourth-order valence-electron chi connectivity index (χ4n) is 1.35. The maximum absolute atomic E-state index is 10.9. The first-order chi connectivity index (χ1) is 7.65. The lowest BCUT2D eigenvalue weighted by Crippen LogP contribution is -2.03. The van der Waals surface area contributed by atoms with Crippen LogP contribution in [0.25, 0.3) is 0 Å². The number of H-pyrrole nitrogens is 1. The highest BCUT2D eigenvalue weighted by molar-refractivity contribution is 7.07. The Kier molecular flexibility index (Phi) is 2.96. The van der Waals surface area contributed by atoms with Crippen LogP contribution in [0.3, 0.4) is 0 Å². The molecule has 2 aromatic rings. The second-order valence-electron chi connectivity index (χ2n) is 3.60. The zero-order valence-corrected chi connectivity index (χ0v) is 9.73. The molecule has 0 amide bonds. The predicted octanol–water partition coefficient (Wildman–Crippen LogP) is 1.94. The molecule has 4 N–H and O–H groups in total. The van der Waals surface area contributed by atoms with E-state index in [1.165, 1.54) is 11.3 Å². The third-order valence-corrected chi connectivity index (χ3v) is 3.05. The van der Waals surface area contributed by atoms with Gasteiger partial charge in [-0.1, -0.05) is 17.4 Å². The molecule has 0 aliphatic heterocycles. The lowest BCUT2D eigenvalue weighted by Gasteiger charge is -2.07. The van der Waals surface area contributed by atoms with Crippen LogP contribution in [-0.4, -0.2) is 4.98 Å². The summed E-state index contributed by atoms with van der Waals surface area (Å²) in [6.07, 6.45) is 0. The summed E-state index contributed by atoms with van der Waals surface area (Å²) in [6, 6.07) is 5.82. The first-order valence-corrected chi connectivity index (χ1v) is 5.80. The highest BCUT2D eigenvalue weighted by Gasteiger charge is 1.98. The molecule has 0 atom stereocenters. The van der Waals surface area contributed by atoms with E-state index >= 15 is 0 Å². The third-order valence-electron chi connectivity index (χ3n) is 2.33. The third kappa shape index (κ3) is 2.43. The van der Waals surface area contributed by atoms with Gasteiger partial charge >= 0.3 is 4.87 Å². The molecule has 0 aliphatic carbocycles. The van der Waals surface area contributed by atoms with Gasteiger partial charge in [0.1, 0.15) is 0 Å². The Labute approximate surface area is 97.1 Å². The molecule has 1 heterocycles. The number of anilines is 2. The normalized spacial score (nSPS) is 10.3. The van der Waals surface area contributed by atoms with Crippen LogP contribution in [0.5, 0.6) is 0 Å². The van der Waals surface area contributed by atoms with E-state index in [9.17, 15) is 4.79 Å². The lowest BCUT2D eigenvalue weighted by molar-refractivity contribution is 1.06. The van der Waals surface area contributed by atoms with Gasteiger partial charge in [-0.05, 0) is 24.6 Å². The number of nitrogens with two attached hydrogens (primary N) is 1. The minimum atomic E-state index is -0.0276. The second kappa shape index (κ2) is 4.40. The van der Waals surface area contributed by atoms with Crippen molar-refractivity contribution in [1.82, 2.24) is 4.98 Å². The monoisotopic (exact) mass is 235 g/mol. The van der Waals surface area contributed by atoms with E-state index in [1.807, 2.05) is 30.5 Å². The molecule has 0 fully saturated rings. The molecule has 16 heavy (non-hydrogen) atoms. The van der Waals surface area contributed by atoms with Gasteiger partial charge in [0.2, 0.25) is 0 Å². The molecule has 84 valence electrons. The van der Waals surface area contributed by atoms with Crippen molar-refractivity contribution >= 4 is 22.7 Å². The van der Waals surface area contributed by atoms with Crippen LogP contribution in [0.2, 0.25) is 0 Å². The van der Waals surface area contributed by atoms with E-state index < -0.39 is 0 Å². The number of rotatable bonds is 3. The molecule has 0 bridgehead atoms. The standard InChI is InChI=1S/C11H13N3OS/c1-7-2-3-8(4-10(7)12)13-5-9-6-16-11(15)14-9/h2-4,6,13H,5,12H2,1H3,(H,14,15). The van der Waals surface area contributed by atoms with Crippen LogP contribution in [-0.2, 0) is 6.54 Å². The average Bonchev–Trinajstić information content (AvgIpc) is 2.66. The van der Waals surface area contributed by atoms with Crippen molar-refractivity contribution in [2.45, 2.75) is 13.5 Å². The second-order valence-corrected chi connectivity index (χ2v) is 4.44. The first-order valence-electron chi connectivity index (χ1n) is 4.92. The highest BCUT2D eigenvalue weighted by Crippen LogP contribution is 2.17. The van der Waals surface area contributed by atoms with Crippen LogP contribution < -0.4 is 15.9 Å². The van der Waals surface area contributed by atoms with Crippen molar-refractivity contribution in [2.75, 3.05) is 11.1 Å². The van der Waals surface area contributed by atoms with Gasteiger partial charge in [-0.25, -0.2) is 0 Å². The summed E-state index contributed by atoms with van der Waals surface area (Å²) in [7, 11) is 0. The number of aryl methyl sites for hydroxylation is 1. The zero-order chi connectivity index (χ0) is 11.5. The Balaban J connectivity index is 2.04. The van der Waals surface area contributed by atoms with Crippen molar-refractivity contribution < 1.29 is 0 Å². The van der Waals surface area contributed by atoms with Gasteiger partial charge < -0.3 is 16.0 Å². The molecular weight excluding hydrogens is 222 g/mol. The predicted molar refractivity (Wildman–Crippen MR) is 67.9 cm³/mol.